The molecule has 8 heteroatoms. The zero-order valence-electron chi connectivity index (χ0n) is 10.4. The standard InChI is InChI=1S/C12H11F3N4O/c1-7-6-10(17-16)18-19-11(7)8-2-4-9(5-3-8)20-12(13,14)15/h2-6H,16H2,1H3,(H,17,18). The first kappa shape index (κ1) is 14.1. The molecular weight excluding hydrogens is 273 g/mol. The fourth-order valence-electron chi connectivity index (χ4n) is 1.66. The predicted octanol–water partition coefficient (Wildman–Crippen LogP) is 2.64. The van der Waals surface area contributed by atoms with E-state index in [-0.39, 0.29) is 5.75 Å². The molecule has 0 spiro atoms. The fourth-order valence-corrected chi connectivity index (χ4v) is 1.66. The molecule has 0 saturated heterocycles. The predicted molar refractivity (Wildman–Crippen MR) is 66.7 cm³/mol. The Balaban J connectivity index is 2.26. The lowest BCUT2D eigenvalue weighted by Crippen LogP contribution is -2.16. The number of ether oxygens (including phenoxy) is 1. The van der Waals surface area contributed by atoms with E-state index in [2.05, 4.69) is 20.4 Å². The summed E-state index contributed by atoms with van der Waals surface area (Å²) in [4.78, 5) is 0. The molecule has 0 unspecified atom stereocenters. The van der Waals surface area contributed by atoms with Crippen LogP contribution in [0.5, 0.6) is 5.75 Å². The van der Waals surface area contributed by atoms with Crippen LogP contribution >= 0.6 is 0 Å². The lowest BCUT2D eigenvalue weighted by molar-refractivity contribution is -0.274. The topological polar surface area (TPSA) is 73.1 Å². The average Bonchev–Trinajstić information content (AvgIpc) is 2.38. The fraction of sp³-hybridized carbons (Fsp3) is 0.167. The lowest BCUT2D eigenvalue weighted by Gasteiger charge is -2.10. The summed E-state index contributed by atoms with van der Waals surface area (Å²) in [6, 6.07) is 7.09. The Bertz CT molecular complexity index is 599. The zero-order chi connectivity index (χ0) is 14.8. The molecular formula is C12H11F3N4O. The number of benzene rings is 1. The van der Waals surface area contributed by atoms with Crippen LogP contribution in [0, 0.1) is 6.92 Å². The number of alkyl halides is 3. The van der Waals surface area contributed by atoms with E-state index < -0.39 is 6.36 Å². The van der Waals surface area contributed by atoms with Gasteiger partial charge in [0.15, 0.2) is 5.82 Å². The van der Waals surface area contributed by atoms with Crippen LogP contribution in [0.3, 0.4) is 0 Å². The van der Waals surface area contributed by atoms with E-state index in [9.17, 15) is 13.2 Å². The van der Waals surface area contributed by atoms with Gasteiger partial charge in [0.05, 0.1) is 5.69 Å². The molecule has 0 aliphatic carbocycles. The average molecular weight is 284 g/mol. The molecule has 0 atom stereocenters. The number of hydrogen-bond acceptors (Lipinski definition) is 5. The highest BCUT2D eigenvalue weighted by Crippen LogP contribution is 2.27. The first-order valence-electron chi connectivity index (χ1n) is 5.56. The lowest BCUT2D eigenvalue weighted by atomic mass is 10.1. The molecule has 2 rings (SSSR count). The molecule has 0 aliphatic rings. The number of aromatic nitrogens is 2. The maximum Gasteiger partial charge on any atom is 0.573 e. The van der Waals surface area contributed by atoms with Gasteiger partial charge in [0.1, 0.15) is 5.75 Å². The van der Waals surface area contributed by atoms with E-state index in [1.54, 1.807) is 13.0 Å². The van der Waals surface area contributed by atoms with Crippen molar-refractivity contribution in [2.75, 3.05) is 5.43 Å². The molecule has 2 aromatic rings. The second-order valence-electron chi connectivity index (χ2n) is 3.98. The molecule has 1 aromatic carbocycles. The van der Waals surface area contributed by atoms with E-state index in [1.165, 1.54) is 24.3 Å². The highest BCUT2D eigenvalue weighted by molar-refractivity contribution is 5.64. The summed E-state index contributed by atoms with van der Waals surface area (Å²) in [6.45, 7) is 1.80. The molecule has 0 bridgehead atoms. The number of nitrogens with two attached hydrogens (primary N) is 1. The molecule has 1 aromatic heterocycles. The van der Waals surface area contributed by atoms with Crippen molar-refractivity contribution in [2.45, 2.75) is 13.3 Å². The Morgan fingerprint density at radius 3 is 2.30 bits per heavy atom. The summed E-state index contributed by atoms with van der Waals surface area (Å²) in [7, 11) is 0. The van der Waals surface area contributed by atoms with Crippen LogP contribution in [-0.2, 0) is 0 Å². The van der Waals surface area contributed by atoms with Crippen LogP contribution < -0.4 is 16.0 Å². The van der Waals surface area contributed by atoms with Crippen LogP contribution in [0.25, 0.3) is 11.3 Å². The molecule has 1 heterocycles. The number of nitrogens with one attached hydrogen (secondary N) is 1. The second kappa shape index (κ2) is 5.33. The molecule has 0 radical (unpaired) electrons. The maximum absolute atomic E-state index is 12.0. The van der Waals surface area contributed by atoms with Crippen molar-refractivity contribution in [1.29, 1.82) is 0 Å². The number of nitrogens with zero attached hydrogens (tertiary/aromatic N) is 2. The number of hydrazine groups is 1. The Morgan fingerprint density at radius 2 is 1.80 bits per heavy atom. The molecule has 106 valence electrons. The van der Waals surface area contributed by atoms with E-state index >= 15 is 0 Å². The summed E-state index contributed by atoms with van der Waals surface area (Å²) in [5.41, 5.74) is 4.34. The van der Waals surface area contributed by atoms with Gasteiger partial charge in [0.2, 0.25) is 0 Å². The van der Waals surface area contributed by atoms with Crippen molar-refractivity contribution in [3.63, 3.8) is 0 Å². The van der Waals surface area contributed by atoms with Crippen LogP contribution in [0.2, 0.25) is 0 Å². The molecule has 5 nitrogen and oxygen atoms in total. The number of halogens is 3. The minimum absolute atomic E-state index is 0.285. The molecule has 0 amide bonds. The summed E-state index contributed by atoms with van der Waals surface area (Å²) < 4.78 is 39.9. The van der Waals surface area contributed by atoms with Gasteiger partial charge in [-0.15, -0.1) is 23.4 Å². The van der Waals surface area contributed by atoms with Crippen LogP contribution in [0.15, 0.2) is 30.3 Å². The number of anilines is 1. The van der Waals surface area contributed by atoms with Gasteiger partial charge in [-0.25, -0.2) is 5.84 Å². The molecule has 3 N–H and O–H groups in total. The van der Waals surface area contributed by atoms with Crippen molar-refractivity contribution in [1.82, 2.24) is 10.2 Å². The van der Waals surface area contributed by atoms with Gasteiger partial charge < -0.3 is 10.2 Å². The monoisotopic (exact) mass is 284 g/mol. The Labute approximate surface area is 112 Å². The number of aryl methyl sites for hydroxylation is 1. The third-order valence-electron chi connectivity index (χ3n) is 2.49. The smallest absolute Gasteiger partial charge is 0.406 e. The van der Waals surface area contributed by atoms with E-state index in [4.69, 9.17) is 5.84 Å². The van der Waals surface area contributed by atoms with Gasteiger partial charge in [-0.3, -0.25) is 0 Å². The van der Waals surface area contributed by atoms with Crippen molar-refractivity contribution in [3.8, 4) is 17.0 Å². The van der Waals surface area contributed by atoms with E-state index in [0.29, 0.717) is 17.1 Å². The van der Waals surface area contributed by atoms with Gasteiger partial charge in [0.25, 0.3) is 0 Å². The quantitative estimate of drug-likeness (QED) is 0.669. The van der Waals surface area contributed by atoms with Crippen molar-refractivity contribution in [2.24, 2.45) is 5.84 Å². The van der Waals surface area contributed by atoms with Crippen molar-refractivity contribution < 1.29 is 17.9 Å². The molecule has 0 aliphatic heterocycles. The summed E-state index contributed by atoms with van der Waals surface area (Å²) in [5, 5.41) is 7.79. The van der Waals surface area contributed by atoms with Crippen LogP contribution in [0.1, 0.15) is 5.56 Å². The Hall–Kier alpha value is -2.35. The third kappa shape index (κ3) is 3.35. The number of hydrogen-bond donors (Lipinski definition) is 2. The number of rotatable bonds is 3. The van der Waals surface area contributed by atoms with Crippen LogP contribution in [-0.4, -0.2) is 16.6 Å². The van der Waals surface area contributed by atoms with Gasteiger partial charge in [0, 0.05) is 5.56 Å². The van der Waals surface area contributed by atoms with Gasteiger partial charge in [-0.2, -0.15) is 0 Å². The third-order valence-corrected chi connectivity index (χ3v) is 2.49. The molecule has 20 heavy (non-hydrogen) atoms. The van der Waals surface area contributed by atoms with Gasteiger partial charge in [-0.1, -0.05) is 0 Å². The highest BCUT2D eigenvalue weighted by atomic mass is 19.4. The largest absolute Gasteiger partial charge is 0.573 e. The second-order valence-corrected chi connectivity index (χ2v) is 3.98. The maximum atomic E-state index is 12.0. The normalized spacial score (nSPS) is 11.2. The summed E-state index contributed by atoms with van der Waals surface area (Å²) in [5.74, 6) is 5.33. The Morgan fingerprint density at radius 1 is 1.15 bits per heavy atom. The van der Waals surface area contributed by atoms with Crippen molar-refractivity contribution in [3.05, 3.63) is 35.9 Å². The van der Waals surface area contributed by atoms with Gasteiger partial charge >= 0.3 is 6.36 Å². The summed E-state index contributed by atoms with van der Waals surface area (Å²) >= 11 is 0. The van der Waals surface area contributed by atoms with E-state index in [1.807, 2.05) is 0 Å². The first-order valence-corrected chi connectivity index (χ1v) is 5.56. The SMILES string of the molecule is Cc1cc(NN)nnc1-c1ccc(OC(F)(F)F)cc1. The van der Waals surface area contributed by atoms with E-state index in [0.717, 1.165) is 5.56 Å². The van der Waals surface area contributed by atoms with Crippen LogP contribution in [0.4, 0.5) is 19.0 Å². The first-order chi connectivity index (χ1) is 9.39. The number of nitrogen functional groups attached to an aromatic ring is 1. The summed E-state index contributed by atoms with van der Waals surface area (Å²) in [6.07, 6.45) is -4.70. The zero-order valence-corrected chi connectivity index (χ0v) is 10.4. The van der Waals surface area contributed by atoms with Gasteiger partial charge in [-0.05, 0) is 42.8 Å². The minimum atomic E-state index is -4.70. The molecule has 0 fully saturated rings. The highest BCUT2D eigenvalue weighted by Gasteiger charge is 2.30. The van der Waals surface area contributed by atoms with Crippen molar-refractivity contribution >= 4 is 5.82 Å². The Kier molecular flexibility index (Phi) is 3.75. The molecule has 0 saturated carbocycles. The minimum Gasteiger partial charge on any atom is -0.406 e.